The Morgan fingerprint density at radius 2 is 1.50 bits per heavy atom. The molecule has 5 rings (SSSR count). The fourth-order valence-electron chi connectivity index (χ4n) is 5.24. The number of benzene rings is 2. The Balaban J connectivity index is 1.43. The van der Waals surface area contributed by atoms with Gasteiger partial charge in [0.05, 0.1) is 38.1 Å². The molecule has 14 heteroatoms. The Labute approximate surface area is 239 Å². The van der Waals surface area contributed by atoms with Crippen molar-refractivity contribution in [1.82, 2.24) is 0 Å². The van der Waals surface area contributed by atoms with E-state index in [-0.39, 0.29) is 52.5 Å². The molecule has 0 amide bonds. The maximum absolute atomic E-state index is 13.4. The van der Waals surface area contributed by atoms with Crippen molar-refractivity contribution in [2.75, 3.05) is 27.4 Å². The topological polar surface area (TPSA) is 211 Å². The zero-order valence-corrected chi connectivity index (χ0v) is 22.7. The van der Waals surface area contributed by atoms with Gasteiger partial charge in [-0.25, -0.2) is 0 Å². The van der Waals surface area contributed by atoms with Crippen LogP contribution in [-0.4, -0.2) is 125 Å². The number of carbonyl (C=O) groups excluding carboxylic acids is 2. The number of hydrogen-bond donors (Lipinski definition) is 6. The summed E-state index contributed by atoms with van der Waals surface area (Å²) in [5, 5.41) is 61.4. The van der Waals surface area contributed by atoms with Crippen LogP contribution in [0.2, 0.25) is 0 Å². The smallest absolute Gasteiger partial charge is 0.229 e. The summed E-state index contributed by atoms with van der Waals surface area (Å²) in [4.78, 5) is 26.8. The first kappa shape index (κ1) is 30.4. The molecule has 2 heterocycles. The molecular weight excluding hydrogens is 560 g/mol. The molecule has 1 aliphatic carbocycles. The van der Waals surface area contributed by atoms with E-state index in [0.29, 0.717) is 0 Å². The standard InChI is InChI=1S/C28H32O14/c1-37-8-14-16(7-13-18(26(14)38-2)20(31)12-6-4-3-5-11(12)19(13)30)41-28-25(36)23(34)22(33)17(42-28)10-40-27-24(35)21(32)15(29)9-39-27/h3-7,15,17,21-25,27-29,32-36H,8-10H2,1-2H3. The van der Waals surface area contributed by atoms with Crippen LogP contribution in [0.3, 0.4) is 0 Å². The van der Waals surface area contributed by atoms with Crippen molar-refractivity contribution in [2.24, 2.45) is 0 Å². The molecule has 2 aliphatic heterocycles. The molecule has 2 fully saturated rings. The van der Waals surface area contributed by atoms with Crippen molar-refractivity contribution in [1.29, 1.82) is 0 Å². The van der Waals surface area contributed by atoms with Crippen LogP contribution >= 0.6 is 0 Å². The third-order valence-corrected chi connectivity index (χ3v) is 7.51. The van der Waals surface area contributed by atoms with Crippen LogP contribution in [0.25, 0.3) is 0 Å². The van der Waals surface area contributed by atoms with Crippen LogP contribution in [0.15, 0.2) is 30.3 Å². The second-order valence-corrected chi connectivity index (χ2v) is 10.2. The van der Waals surface area contributed by atoms with Gasteiger partial charge in [-0.1, -0.05) is 24.3 Å². The predicted molar refractivity (Wildman–Crippen MR) is 138 cm³/mol. The minimum atomic E-state index is -1.78. The van der Waals surface area contributed by atoms with Gasteiger partial charge < -0.3 is 59.1 Å². The lowest BCUT2D eigenvalue weighted by Gasteiger charge is -2.41. The first-order chi connectivity index (χ1) is 20.1. The lowest BCUT2D eigenvalue weighted by molar-refractivity contribution is -0.307. The van der Waals surface area contributed by atoms with E-state index in [1.165, 1.54) is 26.4 Å². The normalized spacial score (nSPS) is 32.7. The van der Waals surface area contributed by atoms with Crippen LogP contribution in [0, 0.1) is 0 Å². The Bertz CT molecular complexity index is 1330. The van der Waals surface area contributed by atoms with Crippen LogP contribution in [-0.2, 0) is 25.6 Å². The highest BCUT2D eigenvalue weighted by Crippen LogP contribution is 2.42. The summed E-state index contributed by atoms with van der Waals surface area (Å²) in [5.41, 5.74) is 0.628. The summed E-state index contributed by atoms with van der Waals surface area (Å²) >= 11 is 0. The van der Waals surface area contributed by atoms with Gasteiger partial charge in [-0.15, -0.1) is 0 Å². The second kappa shape index (κ2) is 12.3. The van der Waals surface area contributed by atoms with Gasteiger partial charge in [0.1, 0.15) is 54.2 Å². The maximum atomic E-state index is 13.4. The molecule has 9 unspecified atom stereocenters. The fourth-order valence-corrected chi connectivity index (χ4v) is 5.24. The highest BCUT2D eigenvalue weighted by molar-refractivity contribution is 6.29. The molecule has 0 radical (unpaired) electrons. The maximum Gasteiger partial charge on any atom is 0.229 e. The molecule has 14 nitrogen and oxygen atoms in total. The lowest BCUT2D eigenvalue weighted by Crippen LogP contribution is -2.61. The van der Waals surface area contributed by atoms with E-state index in [4.69, 9.17) is 28.4 Å². The van der Waals surface area contributed by atoms with E-state index in [1.54, 1.807) is 18.2 Å². The quantitative estimate of drug-likeness (QED) is 0.172. The van der Waals surface area contributed by atoms with Gasteiger partial charge in [-0.2, -0.15) is 0 Å². The predicted octanol–water partition coefficient (Wildman–Crippen LogP) is -1.74. The summed E-state index contributed by atoms with van der Waals surface area (Å²) in [6.45, 7) is -0.948. The minimum Gasteiger partial charge on any atom is -0.495 e. The molecule has 0 spiro atoms. The number of ketones is 2. The van der Waals surface area contributed by atoms with Crippen molar-refractivity contribution in [2.45, 2.75) is 61.9 Å². The molecule has 0 bridgehead atoms. The van der Waals surface area contributed by atoms with Gasteiger partial charge in [0.2, 0.25) is 6.29 Å². The van der Waals surface area contributed by atoms with E-state index in [2.05, 4.69) is 0 Å². The second-order valence-electron chi connectivity index (χ2n) is 10.2. The number of carbonyl (C=O) groups is 2. The number of ether oxygens (including phenoxy) is 6. The number of aliphatic hydroxyl groups is 6. The number of hydrogen-bond acceptors (Lipinski definition) is 14. The van der Waals surface area contributed by atoms with Gasteiger partial charge in [0.15, 0.2) is 17.9 Å². The molecular formula is C28H32O14. The van der Waals surface area contributed by atoms with E-state index in [9.17, 15) is 40.2 Å². The largest absolute Gasteiger partial charge is 0.495 e. The zero-order valence-electron chi connectivity index (χ0n) is 22.7. The summed E-state index contributed by atoms with van der Waals surface area (Å²) < 4.78 is 33.1. The third-order valence-electron chi connectivity index (χ3n) is 7.51. The van der Waals surface area contributed by atoms with Gasteiger partial charge in [0, 0.05) is 23.8 Å². The Hall–Kier alpha value is -3.02. The van der Waals surface area contributed by atoms with Crippen molar-refractivity contribution < 1.29 is 68.6 Å². The van der Waals surface area contributed by atoms with Gasteiger partial charge in [0.25, 0.3) is 0 Å². The van der Waals surface area contributed by atoms with Gasteiger partial charge >= 0.3 is 0 Å². The summed E-state index contributed by atoms with van der Waals surface area (Å²) in [5.74, 6) is -0.927. The van der Waals surface area contributed by atoms with Crippen molar-refractivity contribution >= 4 is 11.6 Å². The summed E-state index contributed by atoms with van der Waals surface area (Å²) in [6, 6.07) is 7.64. The first-order valence-corrected chi connectivity index (χ1v) is 13.1. The number of fused-ring (bicyclic) bond motifs is 2. The van der Waals surface area contributed by atoms with Crippen LogP contribution in [0.5, 0.6) is 11.5 Å². The average molecular weight is 593 g/mol. The minimum absolute atomic E-state index is 0.0136. The van der Waals surface area contributed by atoms with Crippen molar-refractivity contribution in [3.8, 4) is 11.5 Å². The Kier molecular flexibility index (Phi) is 8.91. The fraction of sp³-hybridized carbons (Fsp3) is 0.500. The highest BCUT2D eigenvalue weighted by atomic mass is 16.7. The molecule has 6 N–H and O–H groups in total. The van der Waals surface area contributed by atoms with Gasteiger partial charge in [-0.05, 0) is 6.07 Å². The Morgan fingerprint density at radius 3 is 2.17 bits per heavy atom. The molecule has 2 aromatic rings. The molecule has 228 valence electrons. The average Bonchev–Trinajstić information content (AvgIpc) is 2.99. The van der Waals surface area contributed by atoms with E-state index in [0.717, 1.165) is 0 Å². The van der Waals surface area contributed by atoms with Crippen molar-refractivity contribution in [3.05, 3.63) is 58.1 Å². The molecule has 42 heavy (non-hydrogen) atoms. The Morgan fingerprint density at radius 1 is 0.833 bits per heavy atom. The summed E-state index contributed by atoms with van der Waals surface area (Å²) in [6.07, 6.45) is -14.0. The SMILES string of the molecule is COCc1c(OC2OC(COC3OCC(O)C(O)C3O)C(O)C(O)C2O)cc2c(c1OC)C(=O)c1ccccc1C2=O. The number of rotatable bonds is 8. The van der Waals surface area contributed by atoms with Crippen LogP contribution in [0.1, 0.15) is 37.4 Å². The third kappa shape index (κ3) is 5.31. The molecule has 9 atom stereocenters. The molecule has 0 saturated carbocycles. The van der Waals surface area contributed by atoms with Crippen LogP contribution in [0.4, 0.5) is 0 Å². The monoisotopic (exact) mass is 592 g/mol. The van der Waals surface area contributed by atoms with Crippen molar-refractivity contribution in [3.63, 3.8) is 0 Å². The first-order valence-electron chi connectivity index (χ1n) is 13.1. The van der Waals surface area contributed by atoms with Crippen LogP contribution < -0.4 is 9.47 Å². The highest BCUT2D eigenvalue weighted by Gasteiger charge is 2.47. The van der Waals surface area contributed by atoms with Gasteiger partial charge in [-0.3, -0.25) is 9.59 Å². The number of methoxy groups -OCH3 is 2. The zero-order chi connectivity index (χ0) is 30.3. The molecule has 3 aliphatic rings. The van der Waals surface area contributed by atoms with E-state index in [1.807, 2.05) is 0 Å². The number of aliphatic hydroxyl groups excluding tert-OH is 6. The lowest BCUT2D eigenvalue weighted by atomic mass is 9.82. The molecule has 0 aromatic heterocycles. The van der Waals surface area contributed by atoms with E-state index >= 15 is 0 Å². The molecule has 2 aromatic carbocycles. The summed E-state index contributed by atoms with van der Waals surface area (Å²) in [7, 11) is 2.70. The molecule has 2 saturated heterocycles. The van der Waals surface area contributed by atoms with E-state index < -0.39 is 73.5 Å².